The lowest BCUT2D eigenvalue weighted by molar-refractivity contribution is 0.0703. The summed E-state index contributed by atoms with van der Waals surface area (Å²) in [6.07, 6.45) is 2.07. The SMILES string of the molecule is O=C(c1cc2sccc2s1)N1CCC(CCl)CC1. The van der Waals surface area contributed by atoms with Gasteiger partial charge >= 0.3 is 0 Å². The Bertz CT molecular complexity index is 526. The molecular formula is C13H14ClNOS2. The molecule has 0 saturated carbocycles. The molecule has 96 valence electrons. The van der Waals surface area contributed by atoms with Crippen molar-refractivity contribution in [3.63, 3.8) is 0 Å². The highest BCUT2D eigenvalue weighted by molar-refractivity contribution is 7.27. The number of nitrogens with zero attached hydrogens (tertiary/aromatic N) is 1. The van der Waals surface area contributed by atoms with Gasteiger partial charge in [-0.2, -0.15) is 0 Å². The van der Waals surface area contributed by atoms with E-state index in [-0.39, 0.29) is 5.91 Å². The van der Waals surface area contributed by atoms with Crippen LogP contribution in [0.3, 0.4) is 0 Å². The molecule has 3 rings (SSSR count). The van der Waals surface area contributed by atoms with Crippen LogP contribution in [0.25, 0.3) is 9.40 Å². The van der Waals surface area contributed by atoms with E-state index in [0.717, 1.165) is 36.7 Å². The van der Waals surface area contributed by atoms with Crippen LogP contribution in [0.1, 0.15) is 22.5 Å². The van der Waals surface area contributed by atoms with Gasteiger partial charge in [0.25, 0.3) is 5.91 Å². The molecule has 0 aromatic carbocycles. The summed E-state index contributed by atoms with van der Waals surface area (Å²) in [6.45, 7) is 1.70. The second-order valence-electron chi connectivity index (χ2n) is 4.65. The quantitative estimate of drug-likeness (QED) is 0.766. The summed E-state index contributed by atoms with van der Waals surface area (Å²) in [5.74, 6) is 1.50. The van der Waals surface area contributed by atoms with Crippen LogP contribution in [0, 0.1) is 5.92 Å². The topological polar surface area (TPSA) is 20.3 Å². The van der Waals surface area contributed by atoms with E-state index in [1.54, 1.807) is 22.7 Å². The minimum Gasteiger partial charge on any atom is -0.338 e. The Kier molecular flexibility index (Phi) is 3.59. The number of likely N-dealkylation sites (tertiary alicyclic amines) is 1. The van der Waals surface area contributed by atoms with Crippen LogP contribution in [0.2, 0.25) is 0 Å². The van der Waals surface area contributed by atoms with E-state index >= 15 is 0 Å². The molecule has 1 saturated heterocycles. The average molecular weight is 300 g/mol. The first-order chi connectivity index (χ1) is 8.78. The Hall–Kier alpha value is -0.580. The average Bonchev–Trinajstić information content (AvgIpc) is 2.99. The number of hydrogen-bond acceptors (Lipinski definition) is 3. The fraction of sp³-hybridized carbons (Fsp3) is 0.462. The van der Waals surface area contributed by atoms with Crippen LogP contribution < -0.4 is 0 Å². The highest BCUT2D eigenvalue weighted by atomic mass is 35.5. The number of piperidine rings is 1. The minimum absolute atomic E-state index is 0.191. The van der Waals surface area contributed by atoms with Gasteiger partial charge in [0, 0.05) is 28.4 Å². The maximum absolute atomic E-state index is 12.4. The van der Waals surface area contributed by atoms with E-state index in [1.807, 2.05) is 11.0 Å². The van der Waals surface area contributed by atoms with Crippen molar-refractivity contribution in [1.29, 1.82) is 0 Å². The van der Waals surface area contributed by atoms with E-state index in [9.17, 15) is 4.79 Å². The summed E-state index contributed by atoms with van der Waals surface area (Å²) in [6, 6.07) is 4.11. The predicted octanol–water partition coefficient (Wildman–Crippen LogP) is 4.05. The molecule has 0 bridgehead atoms. The molecule has 1 amide bonds. The first-order valence-electron chi connectivity index (χ1n) is 6.10. The van der Waals surface area contributed by atoms with Gasteiger partial charge in [0.2, 0.25) is 0 Å². The van der Waals surface area contributed by atoms with Crippen LogP contribution in [0.15, 0.2) is 17.5 Å². The van der Waals surface area contributed by atoms with E-state index < -0.39 is 0 Å². The van der Waals surface area contributed by atoms with Crippen LogP contribution in [-0.4, -0.2) is 29.8 Å². The summed E-state index contributed by atoms with van der Waals surface area (Å²) in [5, 5.41) is 2.07. The fourth-order valence-corrected chi connectivity index (χ4v) is 4.70. The van der Waals surface area contributed by atoms with Crippen LogP contribution in [0.4, 0.5) is 0 Å². The summed E-state index contributed by atoms with van der Waals surface area (Å²) < 4.78 is 2.44. The van der Waals surface area contributed by atoms with E-state index in [4.69, 9.17) is 11.6 Å². The molecule has 0 unspecified atom stereocenters. The third-order valence-electron chi connectivity index (χ3n) is 3.47. The van der Waals surface area contributed by atoms with Crippen molar-refractivity contribution in [2.24, 2.45) is 5.92 Å². The summed E-state index contributed by atoms with van der Waals surface area (Å²) in [5.41, 5.74) is 0. The minimum atomic E-state index is 0.191. The molecule has 1 fully saturated rings. The summed E-state index contributed by atoms with van der Waals surface area (Å²) in [4.78, 5) is 15.2. The molecule has 3 heterocycles. The Morgan fingerprint density at radius 1 is 1.39 bits per heavy atom. The molecule has 1 aliphatic rings. The zero-order valence-electron chi connectivity index (χ0n) is 9.89. The standard InChI is InChI=1S/C13H14ClNOS2/c14-8-9-1-4-15(5-2-9)13(16)12-7-11-10(18-12)3-6-17-11/h3,6-7,9H,1-2,4-5,8H2. The van der Waals surface area contributed by atoms with E-state index in [2.05, 4.69) is 11.4 Å². The number of thiophene rings is 2. The van der Waals surface area contributed by atoms with Crippen LogP contribution in [-0.2, 0) is 0 Å². The third-order valence-corrected chi connectivity index (χ3v) is 5.99. The first-order valence-corrected chi connectivity index (χ1v) is 8.33. The number of carbonyl (C=O) groups excluding carboxylic acids is 1. The molecule has 0 radical (unpaired) electrons. The number of halogens is 1. The Balaban J connectivity index is 1.73. The van der Waals surface area contributed by atoms with Crippen molar-refractivity contribution in [3.8, 4) is 0 Å². The fourth-order valence-electron chi connectivity index (χ4n) is 2.32. The second-order valence-corrected chi connectivity index (χ2v) is 6.99. The molecule has 0 spiro atoms. The van der Waals surface area contributed by atoms with Gasteiger partial charge in [-0.15, -0.1) is 34.3 Å². The molecule has 0 atom stereocenters. The normalized spacial score (nSPS) is 17.5. The van der Waals surface area contributed by atoms with Crippen molar-refractivity contribution < 1.29 is 4.79 Å². The number of fused-ring (bicyclic) bond motifs is 1. The maximum atomic E-state index is 12.4. The van der Waals surface area contributed by atoms with Crippen molar-refractivity contribution in [2.75, 3.05) is 19.0 Å². The zero-order valence-corrected chi connectivity index (χ0v) is 12.3. The number of alkyl halides is 1. The van der Waals surface area contributed by atoms with Gasteiger partial charge in [0.1, 0.15) is 0 Å². The summed E-state index contributed by atoms with van der Waals surface area (Å²) in [7, 11) is 0. The maximum Gasteiger partial charge on any atom is 0.263 e. The van der Waals surface area contributed by atoms with Crippen LogP contribution in [0.5, 0.6) is 0 Å². The zero-order chi connectivity index (χ0) is 12.5. The number of hydrogen-bond donors (Lipinski definition) is 0. The molecule has 0 aliphatic carbocycles. The van der Waals surface area contributed by atoms with Crippen LogP contribution >= 0.6 is 34.3 Å². The van der Waals surface area contributed by atoms with Gasteiger partial charge in [-0.1, -0.05) is 0 Å². The smallest absolute Gasteiger partial charge is 0.263 e. The number of carbonyl (C=O) groups is 1. The molecular weight excluding hydrogens is 286 g/mol. The lowest BCUT2D eigenvalue weighted by Gasteiger charge is -2.30. The van der Waals surface area contributed by atoms with Gasteiger partial charge in [-0.05, 0) is 36.3 Å². The predicted molar refractivity (Wildman–Crippen MR) is 79.0 cm³/mol. The highest BCUT2D eigenvalue weighted by Crippen LogP contribution is 2.31. The van der Waals surface area contributed by atoms with Crippen molar-refractivity contribution in [3.05, 3.63) is 22.4 Å². The Morgan fingerprint density at radius 3 is 2.83 bits per heavy atom. The summed E-state index contributed by atoms with van der Waals surface area (Å²) >= 11 is 9.17. The van der Waals surface area contributed by atoms with Gasteiger partial charge in [-0.3, -0.25) is 4.79 Å². The van der Waals surface area contributed by atoms with Crippen molar-refractivity contribution in [1.82, 2.24) is 4.90 Å². The molecule has 2 aromatic heterocycles. The van der Waals surface area contributed by atoms with Gasteiger partial charge in [0.15, 0.2) is 0 Å². The van der Waals surface area contributed by atoms with Gasteiger partial charge in [-0.25, -0.2) is 0 Å². The first kappa shape index (κ1) is 12.5. The van der Waals surface area contributed by atoms with E-state index in [0.29, 0.717) is 5.92 Å². The molecule has 0 N–H and O–H groups in total. The Labute approximate surface area is 119 Å². The Morgan fingerprint density at radius 2 is 2.17 bits per heavy atom. The molecule has 5 heteroatoms. The highest BCUT2D eigenvalue weighted by Gasteiger charge is 2.24. The lowest BCUT2D eigenvalue weighted by atomic mass is 9.99. The third kappa shape index (κ3) is 2.29. The monoisotopic (exact) mass is 299 g/mol. The van der Waals surface area contributed by atoms with Crippen molar-refractivity contribution in [2.45, 2.75) is 12.8 Å². The largest absolute Gasteiger partial charge is 0.338 e. The second kappa shape index (κ2) is 5.19. The van der Waals surface area contributed by atoms with Gasteiger partial charge in [0.05, 0.1) is 4.88 Å². The molecule has 18 heavy (non-hydrogen) atoms. The van der Waals surface area contributed by atoms with Crippen molar-refractivity contribution >= 4 is 49.6 Å². The van der Waals surface area contributed by atoms with Gasteiger partial charge < -0.3 is 4.90 Å². The molecule has 2 aromatic rings. The van der Waals surface area contributed by atoms with E-state index in [1.165, 1.54) is 9.40 Å². The number of rotatable bonds is 2. The number of amides is 1. The molecule has 1 aliphatic heterocycles. The molecule has 2 nitrogen and oxygen atoms in total. The lowest BCUT2D eigenvalue weighted by Crippen LogP contribution is -2.38.